The van der Waals surface area contributed by atoms with Gasteiger partial charge in [0, 0.05) is 23.4 Å². The first kappa shape index (κ1) is 18.3. The van der Waals surface area contributed by atoms with Gasteiger partial charge in [-0.25, -0.2) is 9.78 Å². The Labute approximate surface area is 172 Å². The van der Waals surface area contributed by atoms with E-state index in [1.54, 1.807) is 15.9 Å². The predicted molar refractivity (Wildman–Crippen MR) is 115 cm³/mol. The quantitative estimate of drug-likeness (QED) is 0.479. The summed E-state index contributed by atoms with van der Waals surface area (Å²) in [4.78, 5) is 20.2. The smallest absolute Gasteiger partial charge is 0.352 e. The molecule has 0 fully saturated rings. The topological polar surface area (TPSA) is 61.4 Å². The predicted octanol–water partition coefficient (Wildman–Crippen LogP) is 4.20. The van der Waals surface area contributed by atoms with Gasteiger partial charge in [0.15, 0.2) is 11.5 Å². The maximum atomic E-state index is 13.3. The summed E-state index contributed by atoms with van der Waals surface area (Å²) >= 11 is 1.62. The van der Waals surface area contributed by atoms with Crippen LogP contribution < -0.4 is 5.69 Å². The molecule has 4 heterocycles. The number of nitrogens with zero attached hydrogens (tertiary/aromatic N) is 4. The number of fused-ring (bicyclic) bond motifs is 5. The minimum atomic E-state index is -0.254. The third-order valence-electron chi connectivity index (χ3n) is 5.22. The summed E-state index contributed by atoms with van der Waals surface area (Å²) in [5, 5.41) is 5.59. The van der Waals surface area contributed by atoms with Crippen molar-refractivity contribution in [2.45, 2.75) is 45.9 Å². The first-order valence-corrected chi connectivity index (χ1v) is 10.4. The number of aromatic nitrogens is 4. The van der Waals surface area contributed by atoms with Gasteiger partial charge >= 0.3 is 5.69 Å². The summed E-state index contributed by atoms with van der Waals surface area (Å²) in [6.45, 7) is 11.1. The van der Waals surface area contributed by atoms with Crippen LogP contribution >= 0.6 is 11.3 Å². The zero-order valence-corrected chi connectivity index (χ0v) is 17.5. The van der Waals surface area contributed by atoms with Gasteiger partial charge in [0.05, 0.1) is 17.6 Å². The molecular weight excluding hydrogens is 384 g/mol. The molecule has 0 N–H and O–H groups in total. The van der Waals surface area contributed by atoms with Gasteiger partial charge < -0.3 is 4.74 Å². The average molecular weight is 407 g/mol. The fourth-order valence-corrected chi connectivity index (χ4v) is 5.11. The van der Waals surface area contributed by atoms with Crippen molar-refractivity contribution < 1.29 is 4.74 Å². The van der Waals surface area contributed by atoms with Crippen molar-refractivity contribution in [1.29, 1.82) is 0 Å². The molecule has 1 aliphatic heterocycles. The van der Waals surface area contributed by atoms with E-state index in [-0.39, 0.29) is 11.3 Å². The molecule has 0 radical (unpaired) electrons. The van der Waals surface area contributed by atoms with Gasteiger partial charge in [-0.2, -0.15) is 4.52 Å². The van der Waals surface area contributed by atoms with E-state index in [0.717, 1.165) is 32.7 Å². The van der Waals surface area contributed by atoms with Gasteiger partial charge in [-0.1, -0.05) is 42.5 Å². The molecule has 0 aliphatic carbocycles. The van der Waals surface area contributed by atoms with Crippen LogP contribution in [0, 0.1) is 0 Å². The van der Waals surface area contributed by atoms with Crippen molar-refractivity contribution in [3.8, 4) is 11.4 Å². The summed E-state index contributed by atoms with van der Waals surface area (Å²) in [6.07, 6.45) is 0.775. The lowest BCUT2D eigenvalue weighted by Crippen LogP contribution is -2.31. The Hall–Kier alpha value is -2.77. The number of allylic oxidation sites excluding steroid dienone is 1. The van der Waals surface area contributed by atoms with Gasteiger partial charge in [-0.15, -0.1) is 16.4 Å². The van der Waals surface area contributed by atoms with Gasteiger partial charge in [-0.3, -0.25) is 4.57 Å². The minimum Gasteiger partial charge on any atom is -0.370 e. The summed E-state index contributed by atoms with van der Waals surface area (Å²) < 4.78 is 9.24. The first-order chi connectivity index (χ1) is 13.8. The van der Waals surface area contributed by atoms with Crippen LogP contribution in [0.1, 0.15) is 31.2 Å². The van der Waals surface area contributed by atoms with Crippen molar-refractivity contribution in [2.75, 3.05) is 0 Å². The number of thiophene rings is 1. The second-order valence-electron chi connectivity index (χ2n) is 8.27. The second kappa shape index (κ2) is 6.37. The molecule has 0 saturated heterocycles. The van der Waals surface area contributed by atoms with E-state index in [2.05, 4.69) is 25.5 Å². The van der Waals surface area contributed by atoms with Crippen LogP contribution in [0.25, 0.3) is 27.3 Å². The van der Waals surface area contributed by atoms with Gasteiger partial charge in [0.25, 0.3) is 0 Å². The zero-order valence-electron chi connectivity index (χ0n) is 16.7. The lowest BCUT2D eigenvalue weighted by atomic mass is 9.94. The Morgan fingerprint density at radius 1 is 1.31 bits per heavy atom. The molecule has 0 atom stereocenters. The first-order valence-electron chi connectivity index (χ1n) is 9.62. The van der Waals surface area contributed by atoms with Crippen LogP contribution in [-0.4, -0.2) is 24.8 Å². The van der Waals surface area contributed by atoms with Crippen LogP contribution in [0.4, 0.5) is 0 Å². The molecular formula is C22H22N4O2S. The highest BCUT2D eigenvalue weighted by atomic mass is 32.1. The standard InChI is InChI=1S/C22H22N4O2S/c1-13(2)11-25-20-17(15-10-22(3,4)28-12-16(15)29-20)19-23-18(24-26(19)21(25)27)14-8-6-5-7-9-14/h5-9H,1,10-12H2,2-4H3. The van der Waals surface area contributed by atoms with E-state index in [1.165, 1.54) is 10.1 Å². The SMILES string of the molecule is C=C(C)Cn1c(=O)n2nc(-c3ccccc3)nc2c2c3c(sc21)COC(C)(C)C3. The molecule has 1 aliphatic rings. The normalized spacial score (nSPS) is 15.7. The van der Waals surface area contributed by atoms with Crippen LogP contribution in [-0.2, 0) is 24.3 Å². The number of rotatable bonds is 3. The molecule has 6 nitrogen and oxygen atoms in total. The lowest BCUT2D eigenvalue weighted by Gasteiger charge is -2.30. The number of hydrogen-bond acceptors (Lipinski definition) is 5. The van der Waals surface area contributed by atoms with Crippen molar-refractivity contribution in [3.63, 3.8) is 0 Å². The highest BCUT2D eigenvalue weighted by Gasteiger charge is 2.32. The monoisotopic (exact) mass is 406 g/mol. The van der Waals surface area contributed by atoms with Gasteiger partial charge in [0.1, 0.15) is 4.83 Å². The van der Waals surface area contributed by atoms with Crippen molar-refractivity contribution in [3.05, 3.63) is 63.4 Å². The Bertz CT molecular complexity index is 1330. The van der Waals surface area contributed by atoms with Crippen LogP contribution in [0.3, 0.4) is 0 Å². The van der Waals surface area contributed by atoms with Crippen molar-refractivity contribution >= 4 is 27.2 Å². The van der Waals surface area contributed by atoms with Gasteiger partial charge in [0.2, 0.25) is 0 Å². The van der Waals surface area contributed by atoms with E-state index in [4.69, 9.17) is 9.72 Å². The summed E-state index contributed by atoms with van der Waals surface area (Å²) in [5.74, 6) is 0.559. The van der Waals surface area contributed by atoms with Crippen LogP contribution in [0.15, 0.2) is 47.3 Å². The Morgan fingerprint density at radius 2 is 2.07 bits per heavy atom. The molecule has 0 spiro atoms. The summed E-state index contributed by atoms with van der Waals surface area (Å²) in [7, 11) is 0. The molecule has 1 aromatic carbocycles. The van der Waals surface area contributed by atoms with E-state index in [0.29, 0.717) is 24.6 Å². The zero-order chi connectivity index (χ0) is 20.3. The van der Waals surface area contributed by atoms with E-state index in [1.807, 2.05) is 37.3 Å². The van der Waals surface area contributed by atoms with E-state index < -0.39 is 0 Å². The molecule has 0 unspecified atom stereocenters. The molecule has 0 bridgehead atoms. The fourth-order valence-electron chi connectivity index (χ4n) is 3.89. The lowest BCUT2D eigenvalue weighted by molar-refractivity contribution is -0.0379. The summed E-state index contributed by atoms with van der Waals surface area (Å²) in [5.41, 5.74) is 3.20. The Balaban J connectivity index is 1.88. The molecule has 5 rings (SSSR count). The molecule has 3 aromatic heterocycles. The molecule has 148 valence electrons. The molecule has 0 amide bonds. The molecule has 4 aromatic rings. The highest BCUT2D eigenvalue weighted by molar-refractivity contribution is 7.19. The molecule has 0 saturated carbocycles. The Kier molecular flexibility index (Phi) is 4.01. The van der Waals surface area contributed by atoms with Crippen molar-refractivity contribution in [1.82, 2.24) is 19.2 Å². The average Bonchev–Trinajstić information content (AvgIpc) is 3.26. The maximum absolute atomic E-state index is 13.3. The second-order valence-corrected chi connectivity index (χ2v) is 9.36. The largest absolute Gasteiger partial charge is 0.370 e. The third-order valence-corrected chi connectivity index (χ3v) is 6.45. The van der Waals surface area contributed by atoms with Gasteiger partial charge in [-0.05, 0) is 26.3 Å². The van der Waals surface area contributed by atoms with Crippen LogP contribution in [0.5, 0.6) is 0 Å². The molecule has 7 heteroatoms. The summed E-state index contributed by atoms with van der Waals surface area (Å²) in [6, 6.07) is 9.76. The highest BCUT2D eigenvalue weighted by Crippen LogP contribution is 2.40. The fraction of sp³-hybridized carbons (Fsp3) is 0.318. The van der Waals surface area contributed by atoms with Crippen molar-refractivity contribution in [2.24, 2.45) is 0 Å². The minimum absolute atomic E-state index is 0.191. The van der Waals surface area contributed by atoms with Crippen LogP contribution in [0.2, 0.25) is 0 Å². The number of hydrogen-bond donors (Lipinski definition) is 0. The number of ether oxygens (including phenoxy) is 1. The van der Waals surface area contributed by atoms with E-state index in [9.17, 15) is 4.79 Å². The Morgan fingerprint density at radius 3 is 2.79 bits per heavy atom. The maximum Gasteiger partial charge on any atom is 0.352 e. The molecule has 29 heavy (non-hydrogen) atoms. The number of benzene rings is 1. The third kappa shape index (κ3) is 2.92. The van der Waals surface area contributed by atoms with E-state index >= 15 is 0 Å².